The molecule has 1 aromatic heterocycles. The maximum atomic E-state index is 5.84. The molecule has 0 spiro atoms. The lowest BCUT2D eigenvalue weighted by Gasteiger charge is -2.22. The van der Waals surface area contributed by atoms with Crippen LogP contribution in [0.2, 0.25) is 0 Å². The summed E-state index contributed by atoms with van der Waals surface area (Å²) >= 11 is 0. The Morgan fingerprint density at radius 1 is 1.42 bits per heavy atom. The lowest BCUT2D eigenvalue weighted by molar-refractivity contribution is 0.0699. The number of nitrogens with two attached hydrogens (primary N) is 1. The van der Waals surface area contributed by atoms with E-state index < -0.39 is 0 Å². The summed E-state index contributed by atoms with van der Waals surface area (Å²) in [5, 5.41) is 3.36. The second kappa shape index (κ2) is 7.19. The van der Waals surface area contributed by atoms with E-state index in [1.54, 1.807) is 0 Å². The van der Waals surface area contributed by atoms with E-state index in [2.05, 4.69) is 17.2 Å². The van der Waals surface area contributed by atoms with E-state index in [0.717, 1.165) is 44.8 Å². The van der Waals surface area contributed by atoms with Crippen LogP contribution in [0.3, 0.4) is 0 Å². The molecule has 0 aliphatic carbocycles. The molecule has 19 heavy (non-hydrogen) atoms. The normalized spacial score (nSPS) is 16.3. The van der Waals surface area contributed by atoms with Gasteiger partial charge in [-0.3, -0.25) is 0 Å². The van der Waals surface area contributed by atoms with E-state index >= 15 is 0 Å². The van der Waals surface area contributed by atoms with Crippen molar-refractivity contribution in [2.24, 2.45) is 5.92 Å². The molecule has 3 N–H and O–H groups in total. The topological polar surface area (TPSA) is 69.4 Å². The van der Waals surface area contributed by atoms with Crippen molar-refractivity contribution in [1.29, 1.82) is 0 Å². The number of nitrogens with one attached hydrogen (secondary N) is 1. The van der Waals surface area contributed by atoms with Gasteiger partial charge in [0.1, 0.15) is 5.82 Å². The molecule has 1 aliphatic heterocycles. The number of rotatable bonds is 6. The predicted molar refractivity (Wildman–Crippen MR) is 76.5 cm³/mol. The molecule has 0 amide bonds. The molecule has 0 atom stereocenters. The van der Waals surface area contributed by atoms with Gasteiger partial charge in [0, 0.05) is 19.8 Å². The van der Waals surface area contributed by atoms with E-state index in [4.69, 9.17) is 15.2 Å². The first kappa shape index (κ1) is 13.9. The van der Waals surface area contributed by atoms with Crippen LogP contribution in [-0.4, -0.2) is 31.3 Å². The molecule has 1 saturated heterocycles. The zero-order chi connectivity index (χ0) is 13.5. The third kappa shape index (κ3) is 4.28. The van der Waals surface area contributed by atoms with E-state index in [-0.39, 0.29) is 0 Å². The van der Waals surface area contributed by atoms with Crippen molar-refractivity contribution in [2.45, 2.75) is 26.2 Å². The summed E-state index contributed by atoms with van der Waals surface area (Å²) < 4.78 is 10.9. The van der Waals surface area contributed by atoms with Gasteiger partial charge in [0.2, 0.25) is 5.88 Å². The van der Waals surface area contributed by atoms with Gasteiger partial charge >= 0.3 is 0 Å². The van der Waals surface area contributed by atoms with Crippen molar-refractivity contribution >= 4 is 11.5 Å². The Bertz CT molecular complexity index is 392. The number of nitrogen functional groups attached to an aromatic ring is 1. The molecule has 0 unspecified atom stereocenters. The Hall–Kier alpha value is -1.49. The molecule has 2 rings (SSSR count). The Morgan fingerprint density at radius 2 is 2.21 bits per heavy atom. The van der Waals surface area contributed by atoms with Crippen LogP contribution >= 0.6 is 0 Å². The third-order valence-electron chi connectivity index (χ3n) is 3.25. The molecular weight excluding hydrogens is 242 g/mol. The first-order chi connectivity index (χ1) is 9.29. The molecule has 1 aromatic rings. The van der Waals surface area contributed by atoms with Crippen LogP contribution in [0, 0.1) is 5.92 Å². The van der Waals surface area contributed by atoms with E-state index in [0.29, 0.717) is 24.1 Å². The fourth-order valence-corrected chi connectivity index (χ4v) is 2.06. The predicted octanol–water partition coefficient (Wildman–Crippen LogP) is 2.29. The highest BCUT2D eigenvalue weighted by molar-refractivity contribution is 5.53. The van der Waals surface area contributed by atoms with E-state index in [1.165, 1.54) is 0 Å². The lowest BCUT2D eigenvalue weighted by Crippen LogP contribution is -2.23. The highest BCUT2D eigenvalue weighted by Crippen LogP contribution is 2.22. The van der Waals surface area contributed by atoms with Crippen molar-refractivity contribution in [2.75, 3.05) is 37.4 Å². The molecule has 0 aromatic carbocycles. The van der Waals surface area contributed by atoms with Crippen molar-refractivity contribution in [3.63, 3.8) is 0 Å². The Labute approximate surface area is 114 Å². The standard InChI is InChI=1S/C14H23N3O2/c1-2-7-19-14-12(15)3-4-13(17-14)16-10-11-5-8-18-9-6-11/h3-4,11H,2,5-10,15H2,1H3,(H,16,17). The first-order valence-electron chi connectivity index (χ1n) is 7.00. The maximum absolute atomic E-state index is 5.84. The second-order valence-corrected chi connectivity index (χ2v) is 4.88. The van der Waals surface area contributed by atoms with Gasteiger partial charge in [0.15, 0.2) is 0 Å². The average molecular weight is 265 g/mol. The van der Waals surface area contributed by atoms with Gasteiger partial charge in [-0.25, -0.2) is 0 Å². The van der Waals surface area contributed by atoms with Crippen LogP contribution in [-0.2, 0) is 4.74 Å². The minimum atomic E-state index is 0.527. The zero-order valence-electron chi connectivity index (χ0n) is 11.5. The highest BCUT2D eigenvalue weighted by Gasteiger charge is 2.13. The number of aromatic nitrogens is 1. The summed E-state index contributed by atoms with van der Waals surface area (Å²) in [4.78, 5) is 4.40. The van der Waals surface area contributed by atoms with Gasteiger partial charge in [0.25, 0.3) is 0 Å². The van der Waals surface area contributed by atoms with Gasteiger partial charge in [-0.2, -0.15) is 4.98 Å². The SMILES string of the molecule is CCCOc1nc(NCC2CCOCC2)ccc1N. The van der Waals surface area contributed by atoms with Gasteiger partial charge in [-0.15, -0.1) is 0 Å². The summed E-state index contributed by atoms with van der Waals surface area (Å²) in [6.45, 7) is 5.36. The number of ether oxygens (including phenoxy) is 2. The van der Waals surface area contributed by atoms with Crippen LogP contribution in [0.5, 0.6) is 5.88 Å². The molecule has 0 bridgehead atoms. The van der Waals surface area contributed by atoms with Crippen LogP contribution < -0.4 is 15.8 Å². The third-order valence-corrected chi connectivity index (χ3v) is 3.25. The van der Waals surface area contributed by atoms with Gasteiger partial charge in [-0.05, 0) is 37.3 Å². The van der Waals surface area contributed by atoms with Crippen LogP contribution in [0.25, 0.3) is 0 Å². The van der Waals surface area contributed by atoms with Crippen LogP contribution in [0.4, 0.5) is 11.5 Å². The van der Waals surface area contributed by atoms with Crippen LogP contribution in [0.1, 0.15) is 26.2 Å². The summed E-state index contributed by atoms with van der Waals surface area (Å²) in [5.74, 6) is 2.01. The number of hydrogen-bond acceptors (Lipinski definition) is 5. The van der Waals surface area contributed by atoms with Crippen LogP contribution in [0.15, 0.2) is 12.1 Å². The van der Waals surface area contributed by atoms with E-state index in [1.807, 2.05) is 12.1 Å². The van der Waals surface area contributed by atoms with E-state index in [9.17, 15) is 0 Å². The summed E-state index contributed by atoms with van der Waals surface area (Å²) in [7, 11) is 0. The smallest absolute Gasteiger partial charge is 0.239 e. The summed E-state index contributed by atoms with van der Waals surface area (Å²) in [5.41, 5.74) is 6.43. The molecule has 0 saturated carbocycles. The largest absolute Gasteiger partial charge is 0.476 e. The fraction of sp³-hybridized carbons (Fsp3) is 0.643. The number of anilines is 2. The molecule has 0 radical (unpaired) electrons. The fourth-order valence-electron chi connectivity index (χ4n) is 2.06. The maximum Gasteiger partial charge on any atom is 0.239 e. The molecular formula is C14H23N3O2. The summed E-state index contributed by atoms with van der Waals surface area (Å²) in [6, 6.07) is 3.73. The van der Waals surface area contributed by atoms with Crippen molar-refractivity contribution in [3.05, 3.63) is 12.1 Å². The van der Waals surface area contributed by atoms with Gasteiger partial charge in [-0.1, -0.05) is 6.92 Å². The monoisotopic (exact) mass is 265 g/mol. The highest BCUT2D eigenvalue weighted by atomic mass is 16.5. The summed E-state index contributed by atoms with van der Waals surface area (Å²) in [6.07, 6.45) is 3.17. The Kier molecular flexibility index (Phi) is 5.27. The number of pyridine rings is 1. The van der Waals surface area contributed by atoms with Gasteiger partial charge < -0.3 is 20.5 Å². The van der Waals surface area contributed by atoms with Crippen molar-refractivity contribution in [1.82, 2.24) is 4.98 Å². The van der Waals surface area contributed by atoms with Crippen molar-refractivity contribution < 1.29 is 9.47 Å². The molecule has 106 valence electrons. The molecule has 5 heteroatoms. The second-order valence-electron chi connectivity index (χ2n) is 4.88. The quantitative estimate of drug-likeness (QED) is 0.826. The molecule has 1 fully saturated rings. The Balaban J connectivity index is 1.88. The molecule has 5 nitrogen and oxygen atoms in total. The first-order valence-corrected chi connectivity index (χ1v) is 7.00. The average Bonchev–Trinajstić information content (AvgIpc) is 2.46. The Morgan fingerprint density at radius 3 is 2.95 bits per heavy atom. The minimum absolute atomic E-state index is 0.527. The zero-order valence-corrected chi connectivity index (χ0v) is 11.5. The lowest BCUT2D eigenvalue weighted by atomic mass is 10.0. The number of nitrogens with zero attached hydrogens (tertiary/aromatic N) is 1. The molecule has 2 heterocycles. The number of hydrogen-bond donors (Lipinski definition) is 2. The molecule has 1 aliphatic rings. The van der Waals surface area contributed by atoms with Gasteiger partial charge in [0.05, 0.1) is 12.3 Å². The minimum Gasteiger partial charge on any atom is -0.476 e. The van der Waals surface area contributed by atoms with Crippen molar-refractivity contribution in [3.8, 4) is 5.88 Å².